The van der Waals surface area contributed by atoms with E-state index in [9.17, 15) is 4.79 Å². The molecule has 1 amide bonds. The summed E-state index contributed by atoms with van der Waals surface area (Å²) < 4.78 is 4.01. The molecule has 0 aliphatic rings. The van der Waals surface area contributed by atoms with E-state index in [-0.39, 0.29) is 11.7 Å². The van der Waals surface area contributed by atoms with Crippen LogP contribution in [0.4, 0.5) is 5.82 Å². The number of aromatic nitrogens is 5. The minimum Gasteiger partial charge on any atom is -0.335 e. The predicted octanol–water partition coefficient (Wildman–Crippen LogP) is 3.71. The van der Waals surface area contributed by atoms with Crippen LogP contribution >= 0.6 is 27.7 Å². The maximum atomic E-state index is 12.5. The van der Waals surface area contributed by atoms with Gasteiger partial charge in [0.05, 0.1) is 18.5 Å². The summed E-state index contributed by atoms with van der Waals surface area (Å²) in [6, 6.07) is 17.6. The Morgan fingerprint density at radius 2 is 2.00 bits per heavy atom. The van der Waals surface area contributed by atoms with E-state index in [1.54, 1.807) is 16.9 Å². The molecule has 0 saturated heterocycles. The molecule has 0 fully saturated rings. The minimum atomic E-state index is -0.179. The van der Waals surface area contributed by atoms with Gasteiger partial charge in [0.25, 0.3) is 0 Å². The lowest BCUT2D eigenvalue weighted by Crippen LogP contribution is -2.19. The summed E-state index contributed by atoms with van der Waals surface area (Å²) >= 11 is 4.71. The summed E-state index contributed by atoms with van der Waals surface area (Å²) in [5.41, 5.74) is 3.12. The molecule has 3 N–H and O–H groups in total. The Morgan fingerprint density at radius 1 is 1.16 bits per heavy atom. The van der Waals surface area contributed by atoms with E-state index in [0.717, 1.165) is 15.6 Å². The molecule has 0 unspecified atom stereocenters. The number of nitrogens with zero attached hydrogens (tertiary/aromatic N) is 5. The Balaban J connectivity index is 1.39. The van der Waals surface area contributed by atoms with Crippen LogP contribution in [0.3, 0.4) is 0 Å². The van der Waals surface area contributed by atoms with Gasteiger partial charge in [-0.25, -0.2) is 9.36 Å². The average molecular weight is 498 g/mol. The van der Waals surface area contributed by atoms with Gasteiger partial charge in [0, 0.05) is 16.1 Å². The van der Waals surface area contributed by atoms with Gasteiger partial charge < -0.3 is 11.2 Å². The third kappa shape index (κ3) is 4.97. The smallest absolute Gasteiger partial charge is 0.235 e. The lowest BCUT2D eigenvalue weighted by Gasteiger charge is -2.09. The highest BCUT2D eigenvalue weighted by molar-refractivity contribution is 9.10. The summed E-state index contributed by atoms with van der Waals surface area (Å²) in [5.74, 6) is 7.27. The number of rotatable bonds is 7. The second-order valence-corrected chi connectivity index (χ2v) is 8.65. The van der Waals surface area contributed by atoms with Crippen LogP contribution in [0.1, 0.15) is 11.1 Å². The van der Waals surface area contributed by atoms with Gasteiger partial charge in [0.15, 0.2) is 5.82 Å². The Bertz CT molecular complexity index is 1220. The molecule has 0 atom stereocenters. The molecule has 8 nitrogen and oxygen atoms in total. The molecule has 158 valence electrons. The van der Waals surface area contributed by atoms with Gasteiger partial charge in [0.1, 0.15) is 5.82 Å². The van der Waals surface area contributed by atoms with Crippen LogP contribution in [0.25, 0.3) is 11.4 Å². The number of aryl methyl sites for hydroxylation is 1. The number of thioether (sulfide) groups is 1. The normalized spacial score (nSPS) is 10.9. The minimum absolute atomic E-state index is 0.140. The summed E-state index contributed by atoms with van der Waals surface area (Å²) in [4.78, 5) is 12.5. The largest absolute Gasteiger partial charge is 0.335 e. The molecule has 0 aliphatic heterocycles. The first-order valence-electron chi connectivity index (χ1n) is 9.46. The summed E-state index contributed by atoms with van der Waals surface area (Å²) in [5, 5.41) is 15.9. The van der Waals surface area contributed by atoms with Crippen molar-refractivity contribution < 1.29 is 4.79 Å². The first kappa shape index (κ1) is 21.1. The fourth-order valence-corrected chi connectivity index (χ4v) is 4.18. The first-order valence-corrected chi connectivity index (χ1v) is 11.2. The van der Waals surface area contributed by atoms with Gasteiger partial charge in [-0.05, 0) is 24.6 Å². The number of benzene rings is 2. The maximum Gasteiger partial charge on any atom is 0.235 e. The number of hydrogen-bond donors (Lipinski definition) is 2. The molecule has 2 aromatic heterocycles. The fraction of sp³-hybridized carbons (Fsp3) is 0.143. The van der Waals surface area contributed by atoms with Crippen LogP contribution < -0.4 is 11.2 Å². The van der Waals surface area contributed by atoms with Crippen molar-refractivity contribution >= 4 is 39.4 Å². The molecule has 10 heteroatoms. The van der Waals surface area contributed by atoms with E-state index in [0.29, 0.717) is 23.3 Å². The zero-order valence-corrected chi connectivity index (χ0v) is 19.1. The van der Waals surface area contributed by atoms with Gasteiger partial charge in [-0.3, -0.25) is 4.79 Å². The first-order chi connectivity index (χ1) is 15.0. The summed E-state index contributed by atoms with van der Waals surface area (Å²) in [6.07, 6.45) is 1.67. The van der Waals surface area contributed by atoms with Gasteiger partial charge in [-0.2, -0.15) is 5.10 Å². The van der Waals surface area contributed by atoms with Gasteiger partial charge >= 0.3 is 0 Å². The number of hydrogen-bond acceptors (Lipinski definition) is 6. The lowest BCUT2D eigenvalue weighted by atomic mass is 10.1. The van der Waals surface area contributed by atoms with Crippen molar-refractivity contribution in [2.45, 2.75) is 18.6 Å². The molecule has 0 radical (unpaired) electrons. The Labute approximate surface area is 192 Å². The number of amides is 1. The summed E-state index contributed by atoms with van der Waals surface area (Å²) in [6.45, 7) is 2.62. The van der Waals surface area contributed by atoms with Gasteiger partial charge in [-0.1, -0.05) is 69.7 Å². The highest BCUT2D eigenvalue weighted by Crippen LogP contribution is 2.28. The molecule has 4 rings (SSSR count). The quantitative estimate of drug-likeness (QED) is 0.298. The van der Waals surface area contributed by atoms with Crippen LogP contribution in [-0.2, 0) is 11.3 Å². The number of nitrogens with two attached hydrogens (primary N) is 1. The lowest BCUT2D eigenvalue weighted by molar-refractivity contribution is -0.113. The van der Waals surface area contributed by atoms with E-state index in [2.05, 4.69) is 42.6 Å². The Kier molecular flexibility index (Phi) is 6.38. The van der Waals surface area contributed by atoms with E-state index < -0.39 is 0 Å². The number of anilines is 1. The van der Waals surface area contributed by atoms with Crippen molar-refractivity contribution in [1.29, 1.82) is 0 Å². The molecular formula is C21H20BrN7OS. The molecule has 0 spiro atoms. The van der Waals surface area contributed by atoms with Crippen molar-refractivity contribution in [3.05, 3.63) is 76.4 Å². The third-order valence-corrected chi connectivity index (χ3v) is 6.15. The van der Waals surface area contributed by atoms with E-state index >= 15 is 0 Å². The highest BCUT2D eigenvalue weighted by atomic mass is 79.9. The third-order valence-electron chi connectivity index (χ3n) is 4.51. The highest BCUT2D eigenvalue weighted by Gasteiger charge is 2.16. The molecule has 0 saturated carbocycles. The van der Waals surface area contributed by atoms with Crippen molar-refractivity contribution in [2.75, 3.05) is 16.9 Å². The molecule has 2 heterocycles. The van der Waals surface area contributed by atoms with E-state index in [4.69, 9.17) is 5.84 Å². The zero-order valence-electron chi connectivity index (χ0n) is 16.7. The molecule has 0 bridgehead atoms. The molecule has 31 heavy (non-hydrogen) atoms. The topological polar surface area (TPSA) is 104 Å². The number of nitrogen functional groups attached to an aromatic ring is 1. The number of halogens is 1. The monoisotopic (exact) mass is 497 g/mol. The Morgan fingerprint density at radius 3 is 2.81 bits per heavy atom. The number of carbonyl (C=O) groups excluding carboxylic acids is 1. The van der Waals surface area contributed by atoms with Crippen LogP contribution in [0.5, 0.6) is 0 Å². The summed E-state index contributed by atoms with van der Waals surface area (Å²) in [7, 11) is 0. The number of nitrogens with one attached hydrogen (secondary N) is 1. The molecule has 2 aromatic carbocycles. The number of carbonyl (C=O) groups is 1. The Hall–Kier alpha value is -3.11. The van der Waals surface area contributed by atoms with Gasteiger partial charge in [0.2, 0.25) is 11.1 Å². The molecule has 0 aliphatic carbocycles. The van der Waals surface area contributed by atoms with Crippen LogP contribution in [-0.4, -0.2) is 36.3 Å². The van der Waals surface area contributed by atoms with Crippen molar-refractivity contribution in [3.63, 3.8) is 0 Å². The predicted molar refractivity (Wildman–Crippen MR) is 125 cm³/mol. The fourth-order valence-electron chi connectivity index (χ4n) is 3.06. The maximum absolute atomic E-state index is 12.5. The van der Waals surface area contributed by atoms with Gasteiger partial charge in [-0.15, -0.1) is 10.2 Å². The van der Waals surface area contributed by atoms with E-state index in [1.165, 1.54) is 22.0 Å². The van der Waals surface area contributed by atoms with Crippen molar-refractivity contribution in [1.82, 2.24) is 24.7 Å². The van der Waals surface area contributed by atoms with E-state index in [1.807, 2.05) is 49.4 Å². The average Bonchev–Trinajstić information content (AvgIpc) is 3.33. The van der Waals surface area contributed by atoms with Crippen LogP contribution in [0.15, 0.2) is 70.4 Å². The standard InChI is InChI=1S/C21H20BrN7OS/c1-14-5-4-6-15(11-14)12-28-18(9-10-24-28)25-19(30)13-31-21-27-26-20(29(21)23)16-7-2-3-8-17(16)22/h2-11H,12-13,23H2,1H3,(H,25,30). The van der Waals surface area contributed by atoms with Crippen LogP contribution in [0.2, 0.25) is 0 Å². The van der Waals surface area contributed by atoms with Crippen LogP contribution in [0, 0.1) is 6.92 Å². The molecular weight excluding hydrogens is 478 g/mol. The second kappa shape index (κ2) is 9.36. The van der Waals surface area contributed by atoms with Crippen molar-refractivity contribution in [2.24, 2.45) is 0 Å². The zero-order chi connectivity index (χ0) is 21.8. The SMILES string of the molecule is Cc1cccc(Cn2nccc2NC(=O)CSc2nnc(-c3ccccc3Br)n2N)c1. The molecule has 4 aromatic rings. The van der Waals surface area contributed by atoms with Crippen molar-refractivity contribution in [3.8, 4) is 11.4 Å². The second-order valence-electron chi connectivity index (χ2n) is 6.86.